The highest BCUT2D eigenvalue weighted by molar-refractivity contribution is 7.98. The van der Waals surface area contributed by atoms with Gasteiger partial charge in [0.1, 0.15) is 5.82 Å². The predicted molar refractivity (Wildman–Crippen MR) is 54.2 cm³/mol. The predicted octanol–water partition coefficient (Wildman–Crippen LogP) is 3.51. The average Bonchev–Trinajstić information content (AvgIpc) is 2.06. The highest BCUT2D eigenvalue weighted by atomic mass is 35.5. The van der Waals surface area contributed by atoms with Gasteiger partial charge in [-0.1, -0.05) is 11.6 Å². The van der Waals surface area contributed by atoms with Crippen molar-refractivity contribution in [1.29, 1.82) is 0 Å². The molecule has 1 aliphatic rings. The van der Waals surface area contributed by atoms with Crippen LogP contribution in [0, 0.1) is 5.82 Å². The van der Waals surface area contributed by atoms with Crippen LogP contribution in [0.2, 0.25) is 5.02 Å². The van der Waals surface area contributed by atoms with Crippen molar-refractivity contribution in [3.8, 4) is 0 Å². The summed E-state index contributed by atoms with van der Waals surface area (Å²) in [5.74, 6) is -0.428. The molecule has 0 saturated heterocycles. The Morgan fingerprint density at radius 1 is 1.38 bits per heavy atom. The molecule has 0 aromatic heterocycles. The van der Waals surface area contributed by atoms with Crippen LogP contribution in [0.1, 0.15) is 0 Å². The normalized spacial score (nSPS) is 14.5. The number of hydrogen-bond donors (Lipinski definition) is 1. The standard InChI is InChI=1S/C7H3Cl2FN2S/c8-3-1-4(10)6-5(2-3)13-12-7(9)11-6/h1-2H,(H,11,12). The summed E-state index contributed by atoms with van der Waals surface area (Å²) >= 11 is 12.3. The lowest BCUT2D eigenvalue weighted by atomic mass is 10.3. The van der Waals surface area contributed by atoms with E-state index in [1.54, 1.807) is 6.07 Å². The summed E-state index contributed by atoms with van der Waals surface area (Å²) in [6.07, 6.45) is 0. The van der Waals surface area contributed by atoms with Crippen LogP contribution in [-0.4, -0.2) is 5.29 Å². The Morgan fingerprint density at radius 2 is 2.15 bits per heavy atom. The van der Waals surface area contributed by atoms with Crippen LogP contribution in [0.3, 0.4) is 0 Å². The van der Waals surface area contributed by atoms with E-state index in [1.165, 1.54) is 6.07 Å². The lowest BCUT2D eigenvalue weighted by Gasteiger charge is -2.14. The lowest BCUT2D eigenvalue weighted by molar-refractivity contribution is 0.629. The molecule has 1 aromatic carbocycles. The molecule has 0 atom stereocenters. The topological polar surface area (TPSA) is 24.4 Å². The third-order valence-corrected chi connectivity index (χ3v) is 2.76. The van der Waals surface area contributed by atoms with E-state index in [2.05, 4.69) is 9.71 Å². The largest absolute Gasteiger partial charge is 0.327 e. The smallest absolute Gasteiger partial charge is 0.207 e. The van der Waals surface area contributed by atoms with Crippen molar-refractivity contribution in [2.45, 2.75) is 4.90 Å². The molecule has 1 aromatic rings. The summed E-state index contributed by atoms with van der Waals surface area (Å²) in [6, 6.07) is 2.86. The van der Waals surface area contributed by atoms with E-state index >= 15 is 0 Å². The molecule has 0 unspecified atom stereocenters. The number of nitrogens with zero attached hydrogens (tertiary/aromatic N) is 1. The Hall–Kier alpha value is -0.450. The number of anilines is 1. The Morgan fingerprint density at radius 3 is 2.92 bits per heavy atom. The number of halogens is 3. The Balaban J connectivity index is 2.52. The van der Waals surface area contributed by atoms with Gasteiger partial charge in [0.2, 0.25) is 5.29 Å². The minimum absolute atomic E-state index is 0.165. The maximum Gasteiger partial charge on any atom is 0.207 e. The number of rotatable bonds is 0. The van der Waals surface area contributed by atoms with Crippen molar-refractivity contribution in [2.24, 2.45) is 4.40 Å². The molecule has 0 radical (unpaired) electrons. The van der Waals surface area contributed by atoms with Crippen molar-refractivity contribution < 1.29 is 4.39 Å². The monoisotopic (exact) mass is 236 g/mol. The molecule has 13 heavy (non-hydrogen) atoms. The fourth-order valence-electron chi connectivity index (χ4n) is 0.959. The third-order valence-electron chi connectivity index (χ3n) is 1.47. The van der Waals surface area contributed by atoms with Gasteiger partial charge in [0.05, 0.1) is 10.6 Å². The minimum atomic E-state index is -0.428. The van der Waals surface area contributed by atoms with E-state index in [0.717, 1.165) is 11.9 Å². The first kappa shape index (κ1) is 9.12. The fourth-order valence-corrected chi connectivity index (χ4v) is 2.07. The van der Waals surface area contributed by atoms with E-state index in [-0.39, 0.29) is 5.29 Å². The average molecular weight is 237 g/mol. The number of hydrogen-bond acceptors (Lipinski definition) is 3. The highest BCUT2D eigenvalue weighted by Crippen LogP contribution is 2.36. The zero-order valence-corrected chi connectivity index (χ0v) is 8.47. The minimum Gasteiger partial charge on any atom is -0.327 e. The quantitative estimate of drug-likeness (QED) is 0.551. The maximum absolute atomic E-state index is 13.2. The van der Waals surface area contributed by atoms with Gasteiger partial charge < -0.3 is 5.32 Å². The van der Waals surface area contributed by atoms with Gasteiger partial charge in [0.25, 0.3) is 0 Å². The molecule has 0 spiro atoms. The van der Waals surface area contributed by atoms with Gasteiger partial charge in [0, 0.05) is 17.0 Å². The second-order valence-electron chi connectivity index (χ2n) is 2.36. The van der Waals surface area contributed by atoms with Crippen molar-refractivity contribution in [2.75, 3.05) is 5.32 Å². The third kappa shape index (κ3) is 1.75. The van der Waals surface area contributed by atoms with Crippen LogP contribution in [0.25, 0.3) is 0 Å². The molecule has 1 aliphatic heterocycles. The molecule has 0 bridgehead atoms. The van der Waals surface area contributed by atoms with E-state index in [0.29, 0.717) is 15.6 Å². The zero-order chi connectivity index (χ0) is 9.42. The molecule has 6 heteroatoms. The van der Waals surface area contributed by atoms with Crippen LogP contribution in [0.15, 0.2) is 21.4 Å². The molecule has 0 aliphatic carbocycles. The molecular formula is C7H3Cl2FN2S. The summed E-state index contributed by atoms with van der Waals surface area (Å²) < 4.78 is 17.0. The second kappa shape index (κ2) is 3.36. The van der Waals surface area contributed by atoms with Gasteiger partial charge in [-0.25, -0.2) is 4.39 Å². The van der Waals surface area contributed by atoms with Crippen LogP contribution in [0.5, 0.6) is 0 Å². The first-order valence-corrected chi connectivity index (χ1v) is 4.86. The molecule has 2 nitrogen and oxygen atoms in total. The SMILES string of the molecule is Fc1cc(Cl)cc2c1NC(Cl)=NS2. The maximum atomic E-state index is 13.2. The Labute approximate surface area is 88.3 Å². The van der Waals surface area contributed by atoms with Crippen LogP contribution in [-0.2, 0) is 0 Å². The van der Waals surface area contributed by atoms with Crippen LogP contribution < -0.4 is 5.32 Å². The molecule has 1 N–H and O–H groups in total. The number of benzene rings is 1. The van der Waals surface area contributed by atoms with Crippen molar-refractivity contribution in [1.82, 2.24) is 0 Å². The summed E-state index contributed by atoms with van der Waals surface area (Å²) in [5, 5.41) is 3.13. The van der Waals surface area contributed by atoms with E-state index in [4.69, 9.17) is 23.2 Å². The van der Waals surface area contributed by atoms with Gasteiger partial charge in [-0.2, -0.15) is 4.40 Å². The van der Waals surface area contributed by atoms with E-state index in [9.17, 15) is 4.39 Å². The van der Waals surface area contributed by atoms with E-state index < -0.39 is 5.82 Å². The Kier molecular flexibility index (Phi) is 2.36. The summed E-state index contributed by atoms with van der Waals surface area (Å²) in [5.41, 5.74) is 0.328. The molecular weight excluding hydrogens is 234 g/mol. The van der Waals surface area contributed by atoms with Crippen LogP contribution in [0.4, 0.5) is 10.1 Å². The summed E-state index contributed by atoms with van der Waals surface area (Å²) in [6.45, 7) is 0. The Bertz CT molecular complexity index is 394. The first-order valence-electron chi connectivity index (χ1n) is 3.33. The van der Waals surface area contributed by atoms with Gasteiger partial charge in [-0.3, -0.25) is 0 Å². The second-order valence-corrected chi connectivity index (χ2v) is 3.96. The molecule has 68 valence electrons. The first-order chi connectivity index (χ1) is 6.16. The molecule has 0 fully saturated rings. The zero-order valence-electron chi connectivity index (χ0n) is 6.14. The van der Waals surface area contributed by atoms with E-state index in [1.807, 2.05) is 0 Å². The lowest BCUT2D eigenvalue weighted by Crippen LogP contribution is -2.09. The molecule has 0 amide bonds. The van der Waals surface area contributed by atoms with Crippen molar-refractivity contribution in [3.05, 3.63) is 23.0 Å². The fraction of sp³-hybridized carbons (Fsp3) is 0. The van der Waals surface area contributed by atoms with Gasteiger partial charge >= 0.3 is 0 Å². The van der Waals surface area contributed by atoms with Crippen molar-refractivity contribution >= 4 is 46.1 Å². The molecule has 0 saturated carbocycles. The number of nitrogens with one attached hydrogen (secondary N) is 1. The molecule has 2 rings (SSSR count). The van der Waals surface area contributed by atoms with Gasteiger partial charge in [0.15, 0.2) is 0 Å². The van der Waals surface area contributed by atoms with Crippen molar-refractivity contribution in [3.63, 3.8) is 0 Å². The van der Waals surface area contributed by atoms with Gasteiger partial charge in [-0.15, -0.1) is 0 Å². The van der Waals surface area contributed by atoms with Gasteiger partial charge in [-0.05, 0) is 23.7 Å². The summed E-state index contributed by atoms with van der Waals surface area (Å²) in [7, 11) is 0. The highest BCUT2D eigenvalue weighted by Gasteiger charge is 2.16. The number of fused-ring (bicyclic) bond motifs is 1. The summed E-state index contributed by atoms with van der Waals surface area (Å²) in [4.78, 5) is 0.634. The molecule has 1 heterocycles. The number of amidine groups is 1. The van der Waals surface area contributed by atoms with Crippen LogP contribution >= 0.6 is 35.1 Å².